The van der Waals surface area contributed by atoms with Crippen molar-refractivity contribution in [1.82, 2.24) is 0 Å². The number of benzene rings is 1. The molecule has 64 valence electrons. The molecular formula is C11H14S. The Morgan fingerprint density at radius 3 is 2.42 bits per heavy atom. The Hall–Kier alpha value is -0.820. The van der Waals surface area contributed by atoms with E-state index in [9.17, 15) is 0 Å². The molecule has 0 aliphatic heterocycles. The molecule has 1 aromatic heterocycles. The highest BCUT2D eigenvalue weighted by Gasteiger charge is 1.95. The lowest BCUT2D eigenvalue weighted by Gasteiger charge is -1.86. The van der Waals surface area contributed by atoms with Crippen LogP contribution in [0, 0.1) is 6.92 Å². The summed E-state index contributed by atoms with van der Waals surface area (Å²) in [6.45, 7) is 6.16. The van der Waals surface area contributed by atoms with Crippen molar-refractivity contribution in [3.63, 3.8) is 0 Å². The normalized spacial score (nSPS) is 9.25. The summed E-state index contributed by atoms with van der Waals surface area (Å²) in [4.78, 5) is 1.41. The van der Waals surface area contributed by atoms with Crippen molar-refractivity contribution >= 4 is 22.1 Å². The van der Waals surface area contributed by atoms with Crippen LogP contribution in [0.1, 0.15) is 18.7 Å². The van der Waals surface area contributed by atoms with Gasteiger partial charge in [0.05, 0.1) is 0 Å². The summed E-state index contributed by atoms with van der Waals surface area (Å²) in [7, 11) is 0. The first kappa shape index (κ1) is 9.27. The SMILES string of the molecule is CC.Cc1scc2ccccc12. The Balaban J connectivity index is 0.000000336. The fraction of sp³-hybridized carbons (Fsp3) is 0.273. The molecule has 0 N–H and O–H groups in total. The Morgan fingerprint density at radius 2 is 1.75 bits per heavy atom. The molecule has 0 aliphatic rings. The second-order valence-electron chi connectivity index (χ2n) is 2.38. The fourth-order valence-electron chi connectivity index (χ4n) is 1.14. The molecule has 0 amide bonds. The van der Waals surface area contributed by atoms with E-state index in [0.29, 0.717) is 0 Å². The number of thiophene rings is 1. The zero-order valence-electron chi connectivity index (χ0n) is 7.79. The highest BCUT2D eigenvalue weighted by atomic mass is 32.1. The van der Waals surface area contributed by atoms with Crippen LogP contribution in [-0.2, 0) is 0 Å². The van der Waals surface area contributed by atoms with Crippen LogP contribution in [0.5, 0.6) is 0 Å². The molecule has 0 bridgehead atoms. The Bertz CT molecular complexity index is 347. The summed E-state index contributed by atoms with van der Waals surface area (Å²) < 4.78 is 0. The summed E-state index contributed by atoms with van der Waals surface area (Å²) in [6, 6.07) is 8.48. The van der Waals surface area contributed by atoms with Gasteiger partial charge in [-0.15, -0.1) is 11.3 Å². The van der Waals surface area contributed by atoms with Gasteiger partial charge in [0.15, 0.2) is 0 Å². The van der Waals surface area contributed by atoms with Crippen molar-refractivity contribution < 1.29 is 0 Å². The summed E-state index contributed by atoms with van der Waals surface area (Å²) in [5.74, 6) is 0. The maximum atomic E-state index is 2.20. The van der Waals surface area contributed by atoms with Gasteiger partial charge in [0, 0.05) is 4.88 Å². The largest absolute Gasteiger partial charge is 0.148 e. The van der Waals surface area contributed by atoms with Crippen LogP contribution in [0.15, 0.2) is 29.6 Å². The average molecular weight is 178 g/mol. The molecule has 1 heteroatoms. The van der Waals surface area contributed by atoms with Gasteiger partial charge in [-0.3, -0.25) is 0 Å². The van der Waals surface area contributed by atoms with E-state index >= 15 is 0 Å². The van der Waals surface area contributed by atoms with Crippen LogP contribution in [0.25, 0.3) is 10.8 Å². The van der Waals surface area contributed by atoms with E-state index in [4.69, 9.17) is 0 Å². The lowest BCUT2D eigenvalue weighted by Crippen LogP contribution is -1.63. The van der Waals surface area contributed by atoms with E-state index in [-0.39, 0.29) is 0 Å². The van der Waals surface area contributed by atoms with E-state index in [0.717, 1.165) is 0 Å². The maximum Gasteiger partial charge on any atom is 0.00927 e. The summed E-state index contributed by atoms with van der Waals surface area (Å²) >= 11 is 1.82. The van der Waals surface area contributed by atoms with E-state index in [2.05, 4.69) is 36.6 Å². The van der Waals surface area contributed by atoms with Crippen LogP contribution in [0.2, 0.25) is 0 Å². The number of hydrogen-bond donors (Lipinski definition) is 0. The second kappa shape index (κ2) is 4.27. The molecule has 0 spiro atoms. The topological polar surface area (TPSA) is 0 Å². The van der Waals surface area contributed by atoms with Crippen LogP contribution in [0.4, 0.5) is 0 Å². The van der Waals surface area contributed by atoms with Gasteiger partial charge in [0.2, 0.25) is 0 Å². The smallest absolute Gasteiger partial charge is 0.00927 e. The Labute approximate surface area is 77.9 Å². The molecule has 0 saturated carbocycles. The molecule has 0 aliphatic carbocycles. The molecule has 2 rings (SSSR count). The summed E-state index contributed by atoms with van der Waals surface area (Å²) in [5.41, 5.74) is 0. The molecule has 1 heterocycles. The molecule has 0 radical (unpaired) electrons. The minimum absolute atomic E-state index is 1.37. The standard InChI is InChI=1S/C9H8S.C2H6/c1-7-9-5-3-2-4-8(9)6-10-7;1-2/h2-6H,1H3;1-2H3. The maximum absolute atomic E-state index is 2.20. The van der Waals surface area contributed by atoms with Gasteiger partial charge >= 0.3 is 0 Å². The lowest BCUT2D eigenvalue weighted by molar-refractivity contribution is 1.50. The van der Waals surface area contributed by atoms with Crippen LogP contribution in [-0.4, -0.2) is 0 Å². The second-order valence-corrected chi connectivity index (χ2v) is 3.46. The third-order valence-corrected chi connectivity index (χ3v) is 2.65. The first-order valence-corrected chi connectivity index (χ1v) is 5.19. The minimum atomic E-state index is 1.37. The van der Waals surface area contributed by atoms with Crippen LogP contribution < -0.4 is 0 Å². The first-order valence-electron chi connectivity index (χ1n) is 4.31. The quantitative estimate of drug-likeness (QED) is 0.566. The number of hydrogen-bond acceptors (Lipinski definition) is 1. The van der Waals surface area contributed by atoms with Gasteiger partial charge in [-0.2, -0.15) is 0 Å². The van der Waals surface area contributed by atoms with Crippen molar-refractivity contribution in [3.05, 3.63) is 34.5 Å². The number of fused-ring (bicyclic) bond motifs is 1. The van der Waals surface area contributed by atoms with E-state index in [1.807, 2.05) is 25.2 Å². The van der Waals surface area contributed by atoms with E-state index in [1.54, 1.807) is 0 Å². The van der Waals surface area contributed by atoms with Gasteiger partial charge in [-0.05, 0) is 23.1 Å². The minimum Gasteiger partial charge on any atom is -0.148 e. The van der Waals surface area contributed by atoms with Gasteiger partial charge in [-0.25, -0.2) is 0 Å². The predicted molar refractivity (Wildman–Crippen MR) is 57.9 cm³/mol. The van der Waals surface area contributed by atoms with Crippen molar-refractivity contribution in [3.8, 4) is 0 Å². The molecular weight excluding hydrogens is 164 g/mol. The number of aryl methyl sites for hydroxylation is 1. The molecule has 0 atom stereocenters. The first-order chi connectivity index (χ1) is 5.88. The molecule has 0 unspecified atom stereocenters. The third kappa shape index (κ3) is 1.67. The monoisotopic (exact) mass is 178 g/mol. The molecule has 1 aromatic carbocycles. The lowest BCUT2D eigenvalue weighted by atomic mass is 10.2. The van der Waals surface area contributed by atoms with E-state index < -0.39 is 0 Å². The van der Waals surface area contributed by atoms with Gasteiger partial charge < -0.3 is 0 Å². The molecule has 0 nitrogen and oxygen atoms in total. The van der Waals surface area contributed by atoms with Crippen molar-refractivity contribution in [2.75, 3.05) is 0 Å². The third-order valence-electron chi connectivity index (χ3n) is 1.70. The number of rotatable bonds is 0. The fourth-order valence-corrected chi connectivity index (χ4v) is 1.96. The predicted octanol–water partition coefficient (Wildman–Crippen LogP) is 4.24. The highest BCUT2D eigenvalue weighted by molar-refractivity contribution is 7.11. The van der Waals surface area contributed by atoms with Crippen LogP contribution >= 0.6 is 11.3 Å². The Kier molecular flexibility index (Phi) is 3.30. The Morgan fingerprint density at radius 1 is 1.08 bits per heavy atom. The van der Waals surface area contributed by atoms with Crippen molar-refractivity contribution in [1.29, 1.82) is 0 Å². The summed E-state index contributed by atoms with van der Waals surface area (Å²) in [6.07, 6.45) is 0. The zero-order chi connectivity index (χ0) is 8.97. The molecule has 0 saturated heterocycles. The average Bonchev–Trinajstić information content (AvgIpc) is 2.53. The van der Waals surface area contributed by atoms with E-state index in [1.165, 1.54) is 15.6 Å². The summed E-state index contributed by atoms with van der Waals surface area (Å²) in [5, 5.41) is 4.96. The van der Waals surface area contributed by atoms with Crippen molar-refractivity contribution in [2.24, 2.45) is 0 Å². The molecule has 0 fully saturated rings. The van der Waals surface area contributed by atoms with Crippen molar-refractivity contribution in [2.45, 2.75) is 20.8 Å². The van der Waals surface area contributed by atoms with Gasteiger partial charge in [-0.1, -0.05) is 38.1 Å². The molecule has 2 aromatic rings. The van der Waals surface area contributed by atoms with Crippen LogP contribution in [0.3, 0.4) is 0 Å². The van der Waals surface area contributed by atoms with Gasteiger partial charge in [0.1, 0.15) is 0 Å². The molecule has 12 heavy (non-hydrogen) atoms. The highest BCUT2D eigenvalue weighted by Crippen LogP contribution is 2.23. The van der Waals surface area contributed by atoms with Gasteiger partial charge in [0.25, 0.3) is 0 Å². The zero-order valence-corrected chi connectivity index (χ0v) is 8.61.